The fourth-order valence-corrected chi connectivity index (χ4v) is 6.21. The van der Waals surface area contributed by atoms with E-state index >= 15 is 0 Å². The van der Waals surface area contributed by atoms with E-state index < -0.39 is 0 Å². The normalized spacial score (nSPS) is 21.7. The highest BCUT2D eigenvalue weighted by Crippen LogP contribution is 2.34. The quantitative estimate of drug-likeness (QED) is 0.490. The molecule has 0 amide bonds. The summed E-state index contributed by atoms with van der Waals surface area (Å²) < 4.78 is 5.69. The maximum atomic E-state index is 5.69. The standard InChI is InChI=1S/C28H32N6O/c1-4-20(18-32-12-13-33-11-3-5-21(33)19-32)26-25(8-1)30-27(31-28(26)34-14-16-35-17-15-34)23-6-2-7-24-22(23)9-10-29-24/h1-2,4,6-10,21,29H,3,5,11-19H2/t21-/m0/s1. The van der Waals surface area contributed by atoms with Crippen molar-refractivity contribution in [1.29, 1.82) is 0 Å². The van der Waals surface area contributed by atoms with Gasteiger partial charge in [-0.2, -0.15) is 0 Å². The Labute approximate surface area is 205 Å². The maximum absolute atomic E-state index is 5.69. The number of aromatic nitrogens is 3. The largest absolute Gasteiger partial charge is 0.378 e. The number of anilines is 1. The van der Waals surface area contributed by atoms with E-state index in [1.165, 1.54) is 36.9 Å². The molecule has 7 heteroatoms. The maximum Gasteiger partial charge on any atom is 0.162 e. The van der Waals surface area contributed by atoms with Gasteiger partial charge >= 0.3 is 0 Å². The number of hydrogen-bond donors (Lipinski definition) is 1. The van der Waals surface area contributed by atoms with Crippen molar-refractivity contribution in [3.05, 3.63) is 54.2 Å². The predicted molar refractivity (Wildman–Crippen MR) is 140 cm³/mol. The summed E-state index contributed by atoms with van der Waals surface area (Å²) in [7, 11) is 0. The van der Waals surface area contributed by atoms with E-state index in [4.69, 9.17) is 14.7 Å². The van der Waals surface area contributed by atoms with Crippen LogP contribution in [-0.4, -0.2) is 83.3 Å². The Bertz CT molecular complexity index is 1360. The number of piperazine rings is 1. The molecule has 1 atom stereocenters. The minimum absolute atomic E-state index is 0.724. The van der Waals surface area contributed by atoms with Crippen LogP contribution in [0.2, 0.25) is 0 Å². The number of benzene rings is 2. The van der Waals surface area contributed by atoms with Crippen LogP contribution >= 0.6 is 0 Å². The Morgan fingerprint density at radius 2 is 1.86 bits per heavy atom. The summed E-state index contributed by atoms with van der Waals surface area (Å²) in [6.45, 7) is 8.90. The highest BCUT2D eigenvalue weighted by atomic mass is 16.5. The third kappa shape index (κ3) is 3.88. The van der Waals surface area contributed by atoms with Crippen LogP contribution in [0.4, 0.5) is 5.82 Å². The molecule has 35 heavy (non-hydrogen) atoms. The molecule has 0 radical (unpaired) electrons. The minimum Gasteiger partial charge on any atom is -0.378 e. The molecule has 0 aliphatic carbocycles. The molecule has 7 rings (SSSR count). The van der Waals surface area contributed by atoms with Crippen molar-refractivity contribution in [3.63, 3.8) is 0 Å². The number of nitrogens with one attached hydrogen (secondary N) is 1. The van der Waals surface area contributed by atoms with E-state index in [9.17, 15) is 0 Å². The highest BCUT2D eigenvalue weighted by Gasteiger charge is 2.31. The van der Waals surface area contributed by atoms with Crippen molar-refractivity contribution < 1.29 is 4.74 Å². The lowest BCUT2D eigenvalue weighted by Gasteiger charge is -2.37. The summed E-state index contributed by atoms with van der Waals surface area (Å²) in [4.78, 5) is 21.4. The average Bonchev–Trinajstić information content (AvgIpc) is 3.58. The van der Waals surface area contributed by atoms with Crippen molar-refractivity contribution in [3.8, 4) is 11.4 Å². The molecule has 2 aromatic heterocycles. The molecule has 180 valence electrons. The monoisotopic (exact) mass is 468 g/mol. The molecule has 1 N–H and O–H groups in total. The highest BCUT2D eigenvalue weighted by molar-refractivity contribution is 5.98. The first kappa shape index (κ1) is 21.3. The Morgan fingerprint density at radius 3 is 2.80 bits per heavy atom. The van der Waals surface area contributed by atoms with Crippen molar-refractivity contribution in [2.75, 3.05) is 57.4 Å². The van der Waals surface area contributed by atoms with Gasteiger partial charge in [-0.3, -0.25) is 9.80 Å². The number of rotatable bonds is 4. The minimum atomic E-state index is 0.724. The molecule has 0 saturated carbocycles. The van der Waals surface area contributed by atoms with Gasteiger partial charge in [-0.15, -0.1) is 0 Å². The number of fused-ring (bicyclic) bond motifs is 3. The SMILES string of the molecule is c1cc(CN2CCN3CCC[C@H]3C2)c2c(N3CCOCC3)nc(-c3cccc4[nH]ccc34)nc2c1. The smallest absolute Gasteiger partial charge is 0.162 e. The molecule has 3 aliphatic rings. The number of hydrogen-bond acceptors (Lipinski definition) is 6. The number of morpholine rings is 1. The molecule has 0 bridgehead atoms. The first-order valence-electron chi connectivity index (χ1n) is 13.0. The van der Waals surface area contributed by atoms with Gasteiger partial charge in [-0.25, -0.2) is 9.97 Å². The van der Waals surface area contributed by atoms with E-state index in [-0.39, 0.29) is 0 Å². The van der Waals surface area contributed by atoms with Gasteiger partial charge in [-0.05, 0) is 43.1 Å². The molecule has 3 saturated heterocycles. The molecule has 0 spiro atoms. The van der Waals surface area contributed by atoms with Crippen LogP contribution in [0.5, 0.6) is 0 Å². The van der Waals surface area contributed by atoms with Crippen LogP contribution in [0.1, 0.15) is 18.4 Å². The summed E-state index contributed by atoms with van der Waals surface area (Å²) in [5.74, 6) is 1.84. The Morgan fingerprint density at radius 1 is 0.943 bits per heavy atom. The lowest BCUT2D eigenvalue weighted by Crippen LogP contribution is -2.49. The third-order valence-electron chi connectivity index (χ3n) is 8.00. The molecule has 5 heterocycles. The first-order chi connectivity index (χ1) is 17.3. The van der Waals surface area contributed by atoms with Crippen molar-refractivity contribution >= 4 is 27.6 Å². The molecule has 2 aromatic carbocycles. The van der Waals surface area contributed by atoms with Gasteiger partial charge in [0, 0.05) is 73.4 Å². The van der Waals surface area contributed by atoms with Crippen LogP contribution in [0.3, 0.4) is 0 Å². The van der Waals surface area contributed by atoms with Crippen molar-refractivity contribution in [2.24, 2.45) is 0 Å². The lowest BCUT2D eigenvalue weighted by atomic mass is 10.0. The van der Waals surface area contributed by atoms with Crippen LogP contribution in [-0.2, 0) is 11.3 Å². The van der Waals surface area contributed by atoms with E-state index in [2.05, 4.69) is 62.1 Å². The number of ether oxygens (including phenoxy) is 1. The van der Waals surface area contributed by atoms with Crippen molar-refractivity contribution in [1.82, 2.24) is 24.8 Å². The van der Waals surface area contributed by atoms with Gasteiger partial charge in [0.2, 0.25) is 0 Å². The van der Waals surface area contributed by atoms with Crippen LogP contribution in [0, 0.1) is 0 Å². The Balaban J connectivity index is 1.33. The van der Waals surface area contributed by atoms with Crippen LogP contribution < -0.4 is 4.90 Å². The summed E-state index contributed by atoms with van der Waals surface area (Å²) in [6, 6.07) is 15.8. The van der Waals surface area contributed by atoms with Gasteiger partial charge in [0.25, 0.3) is 0 Å². The Hall–Kier alpha value is -3.00. The van der Waals surface area contributed by atoms with E-state index in [0.717, 1.165) is 85.6 Å². The summed E-state index contributed by atoms with van der Waals surface area (Å²) >= 11 is 0. The van der Waals surface area contributed by atoms with Gasteiger partial charge in [0.1, 0.15) is 5.82 Å². The van der Waals surface area contributed by atoms with Gasteiger partial charge in [0.15, 0.2) is 5.82 Å². The van der Waals surface area contributed by atoms with Gasteiger partial charge < -0.3 is 14.6 Å². The average molecular weight is 469 g/mol. The second-order valence-electron chi connectivity index (χ2n) is 10.1. The number of nitrogens with zero attached hydrogens (tertiary/aromatic N) is 5. The number of H-pyrrole nitrogens is 1. The van der Waals surface area contributed by atoms with Gasteiger partial charge in [0.05, 0.1) is 18.7 Å². The predicted octanol–water partition coefficient (Wildman–Crippen LogP) is 3.89. The van der Waals surface area contributed by atoms with E-state index in [1.807, 2.05) is 6.20 Å². The molecule has 0 unspecified atom stereocenters. The molecule has 7 nitrogen and oxygen atoms in total. The van der Waals surface area contributed by atoms with Crippen LogP contribution in [0.25, 0.3) is 33.2 Å². The zero-order valence-corrected chi connectivity index (χ0v) is 20.1. The summed E-state index contributed by atoms with van der Waals surface area (Å²) in [5, 5.41) is 2.36. The topological polar surface area (TPSA) is 60.5 Å². The third-order valence-corrected chi connectivity index (χ3v) is 8.00. The van der Waals surface area contributed by atoms with E-state index in [0.29, 0.717) is 0 Å². The lowest BCUT2D eigenvalue weighted by molar-refractivity contribution is 0.0996. The van der Waals surface area contributed by atoms with Crippen molar-refractivity contribution in [2.45, 2.75) is 25.4 Å². The zero-order chi connectivity index (χ0) is 23.2. The molecule has 3 aliphatic heterocycles. The molecular weight excluding hydrogens is 436 g/mol. The molecular formula is C28H32N6O. The molecule has 4 aromatic rings. The van der Waals surface area contributed by atoms with E-state index in [1.54, 1.807) is 0 Å². The second-order valence-corrected chi connectivity index (χ2v) is 10.1. The number of aromatic amines is 1. The second kappa shape index (κ2) is 8.90. The summed E-state index contributed by atoms with van der Waals surface area (Å²) in [6.07, 6.45) is 4.67. The first-order valence-corrected chi connectivity index (χ1v) is 13.0. The summed E-state index contributed by atoms with van der Waals surface area (Å²) in [5.41, 5.74) is 4.55. The fraction of sp³-hybridized carbons (Fsp3) is 0.429. The molecule has 3 fully saturated rings. The fourth-order valence-electron chi connectivity index (χ4n) is 6.21. The zero-order valence-electron chi connectivity index (χ0n) is 20.1. The van der Waals surface area contributed by atoms with Crippen LogP contribution in [0.15, 0.2) is 48.7 Å². The Kier molecular flexibility index (Phi) is 5.41. The van der Waals surface area contributed by atoms with Gasteiger partial charge in [-0.1, -0.05) is 24.3 Å².